The molecule has 0 atom stereocenters. The van der Waals surface area contributed by atoms with Crippen molar-refractivity contribution >= 4 is 11.9 Å². The van der Waals surface area contributed by atoms with E-state index in [9.17, 15) is 9.59 Å². The number of rotatable bonds is 2. The second kappa shape index (κ2) is 14.2. The van der Waals surface area contributed by atoms with Crippen LogP contribution in [-0.2, 0) is 31.4 Å². The molecular formula is C9H17FeO3-. The predicted molar refractivity (Wildman–Crippen MR) is 47.3 cm³/mol. The summed E-state index contributed by atoms with van der Waals surface area (Å²) in [5.41, 5.74) is 0. The van der Waals surface area contributed by atoms with Crippen LogP contribution in [0.2, 0.25) is 0 Å². The largest absolute Gasteiger partial charge is 0.393 e. The van der Waals surface area contributed by atoms with Gasteiger partial charge in [-0.3, -0.25) is 9.59 Å². The number of carbonyl (C=O) groups is 2. The summed E-state index contributed by atoms with van der Waals surface area (Å²) in [5.74, 6) is -1.02. The van der Waals surface area contributed by atoms with Gasteiger partial charge in [-0.05, 0) is 0 Å². The summed E-state index contributed by atoms with van der Waals surface area (Å²) in [4.78, 5) is 20.1. The molecule has 0 aromatic heterocycles. The molecule has 0 saturated carbocycles. The van der Waals surface area contributed by atoms with Crippen LogP contribution in [0, 0.1) is 6.42 Å². The second-order valence-electron chi connectivity index (χ2n) is 2.14. The van der Waals surface area contributed by atoms with Crippen molar-refractivity contribution in [1.29, 1.82) is 0 Å². The second-order valence-corrected chi connectivity index (χ2v) is 2.14. The van der Waals surface area contributed by atoms with Gasteiger partial charge in [-0.25, -0.2) is 0 Å². The molecule has 0 aromatic rings. The van der Waals surface area contributed by atoms with Crippen LogP contribution in [0.1, 0.15) is 40.5 Å². The van der Waals surface area contributed by atoms with E-state index in [2.05, 4.69) is 25.0 Å². The zero-order valence-corrected chi connectivity index (χ0v) is 9.67. The third kappa shape index (κ3) is 24.5. The average molecular weight is 229 g/mol. The molecule has 80 valence electrons. The molecule has 0 aliphatic heterocycles. The van der Waals surface area contributed by atoms with Gasteiger partial charge in [0.2, 0.25) is 0 Å². The summed E-state index contributed by atoms with van der Waals surface area (Å²) in [5, 5.41) is 0. The number of carbonyl (C=O) groups excluding carboxylic acids is 2. The number of ether oxygens (including phenoxy) is 1. The summed E-state index contributed by atoms with van der Waals surface area (Å²) in [6.45, 7) is 7.01. The zero-order valence-electron chi connectivity index (χ0n) is 8.57. The molecule has 4 heteroatoms. The van der Waals surface area contributed by atoms with Gasteiger partial charge in [0, 0.05) is 30.4 Å². The fourth-order valence-corrected chi connectivity index (χ4v) is 0.232. The van der Waals surface area contributed by atoms with Gasteiger partial charge in [-0.1, -0.05) is 13.8 Å². The molecule has 0 unspecified atom stereocenters. The molecule has 0 aliphatic rings. The normalized spacial score (nSPS) is 7.38. The van der Waals surface area contributed by atoms with E-state index in [1.165, 1.54) is 13.3 Å². The van der Waals surface area contributed by atoms with Crippen molar-refractivity contribution in [1.82, 2.24) is 0 Å². The van der Waals surface area contributed by atoms with Crippen LogP contribution in [0.3, 0.4) is 0 Å². The van der Waals surface area contributed by atoms with Crippen LogP contribution in [0.5, 0.6) is 0 Å². The minimum absolute atomic E-state index is 0. The molecule has 0 spiro atoms. The van der Waals surface area contributed by atoms with Gasteiger partial charge in [0.15, 0.2) is 0 Å². The van der Waals surface area contributed by atoms with Gasteiger partial charge < -0.3 is 11.2 Å². The number of hydrogen-bond donors (Lipinski definition) is 0. The maximum atomic E-state index is 10.2. The summed E-state index contributed by atoms with van der Waals surface area (Å²) < 4.78 is 4.12. The van der Waals surface area contributed by atoms with Crippen LogP contribution < -0.4 is 0 Å². The Morgan fingerprint density at radius 1 is 1.31 bits per heavy atom. The smallest absolute Gasteiger partial charge is 0.313 e. The van der Waals surface area contributed by atoms with E-state index in [1.54, 1.807) is 6.92 Å². The third-order valence-corrected chi connectivity index (χ3v) is 0.954. The van der Waals surface area contributed by atoms with Crippen LogP contribution in [0.15, 0.2) is 0 Å². The first-order valence-electron chi connectivity index (χ1n) is 4.07. The monoisotopic (exact) mass is 229 g/mol. The van der Waals surface area contributed by atoms with Crippen LogP contribution in [0.4, 0.5) is 0 Å². The number of esters is 2. The van der Waals surface area contributed by atoms with Gasteiger partial charge in [-0.2, -0.15) is 13.3 Å². The van der Waals surface area contributed by atoms with E-state index in [-0.39, 0.29) is 23.5 Å². The van der Waals surface area contributed by atoms with Gasteiger partial charge in [-0.15, -0.1) is 0 Å². The SMILES string of the molecule is CCC(=O)OC(C)=O.C[CH-]CC.[Fe]. The molecule has 0 N–H and O–H groups in total. The van der Waals surface area contributed by atoms with Crippen LogP contribution in [-0.4, -0.2) is 11.9 Å². The van der Waals surface area contributed by atoms with Crippen molar-refractivity contribution in [2.75, 3.05) is 0 Å². The first kappa shape index (κ1) is 18.4. The summed E-state index contributed by atoms with van der Waals surface area (Å²) in [6, 6.07) is 0. The van der Waals surface area contributed by atoms with Crippen molar-refractivity contribution in [2.24, 2.45) is 0 Å². The summed E-state index contributed by atoms with van der Waals surface area (Å²) in [6.07, 6.45) is 3.57. The molecule has 0 saturated heterocycles. The van der Waals surface area contributed by atoms with Crippen molar-refractivity contribution in [2.45, 2.75) is 40.5 Å². The topological polar surface area (TPSA) is 43.4 Å². The first-order chi connectivity index (χ1) is 5.58. The fraction of sp³-hybridized carbons (Fsp3) is 0.667. The average Bonchev–Trinajstić information content (AvgIpc) is 2.04. The minimum atomic E-state index is -0.545. The standard InChI is InChI=1S/C5H8O3.C4H9.Fe/c1-3-5(7)8-4(2)6;1-3-4-2;/h3H2,1-2H3;3H,4H2,1-2H3;/q;-1;. The molecule has 3 nitrogen and oxygen atoms in total. The van der Waals surface area contributed by atoms with Crippen LogP contribution in [0.25, 0.3) is 0 Å². The first-order valence-corrected chi connectivity index (χ1v) is 4.07. The Hall–Kier alpha value is -0.341. The minimum Gasteiger partial charge on any atom is -0.393 e. The summed E-state index contributed by atoms with van der Waals surface area (Å²) >= 11 is 0. The van der Waals surface area contributed by atoms with E-state index >= 15 is 0 Å². The van der Waals surface area contributed by atoms with Crippen LogP contribution >= 0.6 is 0 Å². The zero-order chi connectivity index (χ0) is 9.98. The van der Waals surface area contributed by atoms with E-state index in [0.29, 0.717) is 0 Å². The van der Waals surface area contributed by atoms with E-state index in [4.69, 9.17) is 0 Å². The van der Waals surface area contributed by atoms with Gasteiger partial charge in [0.05, 0.1) is 0 Å². The maximum Gasteiger partial charge on any atom is 0.313 e. The summed E-state index contributed by atoms with van der Waals surface area (Å²) in [7, 11) is 0. The predicted octanol–water partition coefficient (Wildman–Crippen LogP) is 2.10. The van der Waals surface area contributed by atoms with Gasteiger partial charge >= 0.3 is 11.9 Å². The Morgan fingerprint density at radius 3 is 1.77 bits per heavy atom. The molecule has 0 bridgehead atoms. The third-order valence-electron chi connectivity index (χ3n) is 0.954. The molecule has 0 aliphatic carbocycles. The number of hydrogen-bond acceptors (Lipinski definition) is 3. The Morgan fingerprint density at radius 2 is 1.69 bits per heavy atom. The van der Waals surface area contributed by atoms with E-state index in [0.717, 1.165) is 0 Å². The molecule has 0 amide bonds. The van der Waals surface area contributed by atoms with Gasteiger partial charge in [0.25, 0.3) is 0 Å². The molecule has 13 heavy (non-hydrogen) atoms. The fourth-order valence-electron chi connectivity index (χ4n) is 0.232. The quantitative estimate of drug-likeness (QED) is 0.315. The Kier molecular flexibility index (Phi) is 20.1. The molecular weight excluding hydrogens is 212 g/mol. The molecule has 0 fully saturated rings. The number of unbranched alkanes of at least 4 members (excludes halogenated alkanes) is 1. The van der Waals surface area contributed by atoms with Crippen molar-refractivity contribution in [3.8, 4) is 0 Å². The van der Waals surface area contributed by atoms with E-state index in [1.807, 2.05) is 0 Å². The Balaban J connectivity index is -0.000000173. The Bertz CT molecular complexity index is 133. The molecule has 0 heterocycles. The van der Waals surface area contributed by atoms with Crippen molar-refractivity contribution in [3.63, 3.8) is 0 Å². The molecule has 0 aromatic carbocycles. The molecule has 0 rings (SSSR count). The van der Waals surface area contributed by atoms with E-state index < -0.39 is 11.9 Å². The Labute approximate surface area is 90.7 Å². The molecule has 0 radical (unpaired) electrons. The van der Waals surface area contributed by atoms with Gasteiger partial charge in [0.1, 0.15) is 0 Å². The van der Waals surface area contributed by atoms with Crippen molar-refractivity contribution < 1.29 is 31.4 Å². The van der Waals surface area contributed by atoms with Crippen molar-refractivity contribution in [3.05, 3.63) is 6.42 Å². The maximum absolute atomic E-state index is 10.2.